The number of nitrogens with zero attached hydrogens (tertiary/aromatic N) is 1. The van der Waals surface area contributed by atoms with E-state index in [0.29, 0.717) is 10.7 Å². The molecule has 0 aliphatic carbocycles. The van der Waals surface area contributed by atoms with E-state index >= 15 is 0 Å². The van der Waals surface area contributed by atoms with E-state index in [-0.39, 0.29) is 17.9 Å². The smallest absolute Gasteiger partial charge is 0.251 e. The summed E-state index contributed by atoms with van der Waals surface area (Å²) in [6.07, 6.45) is 2.02. The minimum absolute atomic E-state index is 0.0947. The van der Waals surface area contributed by atoms with E-state index in [1.54, 1.807) is 23.9 Å². The highest BCUT2D eigenvalue weighted by molar-refractivity contribution is 7.98. The lowest BCUT2D eigenvalue weighted by Gasteiger charge is -2.13. The van der Waals surface area contributed by atoms with E-state index in [1.807, 2.05) is 27.0 Å². The third-order valence-corrected chi connectivity index (χ3v) is 3.49. The van der Waals surface area contributed by atoms with Crippen LogP contribution in [-0.4, -0.2) is 28.9 Å². The summed E-state index contributed by atoms with van der Waals surface area (Å²) in [5.74, 6) is 1.04. The fraction of sp³-hybridized carbons (Fsp3) is 0.538. The Labute approximate surface area is 118 Å². The highest BCUT2D eigenvalue weighted by Gasteiger charge is 2.13. The Morgan fingerprint density at radius 2 is 2.11 bits per heavy atom. The number of carbonyl (C=O) groups is 1. The number of pyridine rings is 1. The zero-order valence-electron chi connectivity index (χ0n) is 11.2. The molecule has 0 saturated heterocycles. The zero-order valence-corrected chi connectivity index (χ0v) is 12.7. The number of nitrogens with one attached hydrogen (secondary N) is 1. The van der Waals surface area contributed by atoms with Crippen LogP contribution >= 0.6 is 23.4 Å². The molecule has 0 saturated carbocycles. The molecular formula is C13H19ClN2OS. The number of carbonyl (C=O) groups excluding carboxylic acids is 1. The van der Waals surface area contributed by atoms with E-state index in [0.717, 1.165) is 11.4 Å². The third kappa shape index (κ3) is 4.50. The van der Waals surface area contributed by atoms with Gasteiger partial charge in [-0.15, -0.1) is 0 Å². The molecule has 1 aromatic heterocycles. The Morgan fingerprint density at radius 3 is 2.67 bits per heavy atom. The Hall–Kier alpha value is -0.740. The van der Waals surface area contributed by atoms with Gasteiger partial charge in [-0.3, -0.25) is 4.79 Å². The Morgan fingerprint density at radius 1 is 1.44 bits per heavy atom. The van der Waals surface area contributed by atoms with Gasteiger partial charge in [0.25, 0.3) is 5.91 Å². The summed E-state index contributed by atoms with van der Waals surface area (Å²) in [7, 11) is 0. The van der Waals surface area contributed by atoms with Crippen molar-refractivity contribution in [1.82, 2.24) is 10.3 Å². The second-order valence-corrected chi connectivity index (χ2v) is 5.89. The molecule has 100 valence electrons. The number of rotatable bonds is 5. The first-order valence-corrected chi connectivity index (χ1v) is 7.68. The summed E-state index contributed by atoms with van der Waals surface area (Å²) in [5, 5.41) is 3.31. The van der Waals surface area contributed by atoms with Crippen molar-refractivity contribution in [1.29, 1.82) is 0 Å². The molecule has 1 N–H and O–H groups in total. The van der Waals surface area contributed by atoms with Gasteiger partial charge in [-0.1, -0.05) is 25.4 Å². The lowest BCUT2D eigenvalue weighted by atomic mass is 10.1. The number of aromatic nitrogens is 1. The van der Waals surface area contributed by atoms with Gasteiger partial charge in [-0.05, 0) is 31.2 Å². The van der Waals surface area contributed by atoms with E-state index < -0.39 is 0 Å². The van der Waals surface area contributed by atoms with E-state index in [1.165, 1.54) is 0 Å². The maximum atomic E-state index is 12.1. The topological polar surface area (TPSA) is 42.0 Å². The molecule has 0 aliphatic heterocycles. The number of thioether (sulfide) groups is 1. The van der Waals surface area contributed by atoms with Crippen LogP contribution in [0.2, 0.25) is 5.15 Å². The average molecular weight is 287 g/mol. The molecule has 5 heteroatoms. The van der Waals surface area contributed by atoms with Crippen molar-refractivity contribution in [3.63, 3.8) is 0 Å². The van der Waals surface area contributed by atoms with E-state index in [4.69, 9.17) is 11.6 Å². The maximum absolute atomic E-state index is 12.1. The summed E-state index contributed by atoms with van der Waals surface area (Å²) < 4.78 is 0. The van der Waals surface area contributed by atoms with Crippen LogP contribution in [0.5, 0.6) is 0 Å². The summed E-state index contributed by atoms with van der Waals surface area (Å²) in [6.45, 7) is 6.04. The lowest BCUT2D eigenvalue weighted by molar-refractivity contribution is 0.0943. The molecule has 1 aromatic rings. The van der Waals surface area contributed by atoms with Crippen molar-refractivity contribution in [3.05, 3.63) is 28.5 Å². The fourth-order valence-electron chi connectivity index (χ4n) is 1.54. The minimum atomic E-state index is -0.0947. The number of amides is 1. The molecule has 1 unspecified atom stereocenters. The molecular weight excluding hydrogens is 268 g/mol. The van der Waals surface area contributed by atoms with E-state index in [9.17, 15) is 4.79 Å². The van der Waals surface area contributed by atoms with Gasteiger partial charge in [-0.25, -0.2) is 4.98 Å². The predicted octanol–water partition coefficient (Wildman–Crippen LogP) is 3.34. The van der Waals surface area contributed by atoms with Gasteiger partial charge in [0, 0.05) is 23.1 Å². The minimum Gasteiger partial charge on any atom is -0.349 e. The first kappa shape index (κ1) is 15.3. The van der Waals surface area contributed by atoms with Crippen LogP contribution in [0, 0.1) is 0 Å². The molecule has 0 bridgehead atoms. The average Bonchev–Trinajstić information content (AvgIpc) is 2.28. The fourth-order valence-corrected chi connectivity index (χ4v) is 2.34. The van der Waals surface area contributed by atoms with Crippen LogP contribution in [0.15, 0.2) is 12.1 Å². The van der Waals surface area contributed by atoms with E-state index in [2.05, 4.69) is 10.3 Å². The van der Waals surface area contributed by atoms with Gasteiger partial charge in [0.15, 0.2) is 0 Å². The number of hydrogen-bond donors (Lipinski definition) is 1. The van der Waals surface area contributed by atoms with Gasteiger partial charge in [0.05, 0.1) is 0 Å². The normalized spacial score (nSPS) is 12.6. The quantitative estimate of drug-likeness (QED) is 0.844. The molecule has 18 heavy (non-hydrogen) atoms. The standard InChI is InChI=1S/C13H19ClN2OS/c1-8(2)11-5-10(6-12(14)16-11)13(17)15-9(3)7-18-4/h5-6,8-9H,7H2,1-4H3,(H,15,17). The number of halogens is 1. The Kier molecular flexibility index (Phi) is 5.96. The van der Waals surface area contributed by atoms with Crippen molar-refractivity contribution >= 4 is 29.3 Å². The number of hydrogen-bond acceptors (Lipinski definition) is 3. The SMILES string of the molecule is CSCC(C)NC(=O)c1cc(Cl)nc(C(C)C)c1. The molecule has 0 aromatic carbocycles. The summed E-state index contributed by atoms with van der Waals surface area (Å²) in [6, 6.07) is 3.55. The van der Waals surface area contributed by atoms with Crippen LogP contribution in [0.25, 0.3) is 0 Å². The van der Waals surface area contributed by atoms with Crippen LogP contribution in [-0.2, 0) is 0 Å². The first-order valence-electron chi connectivity index (χ1n) is 5.91. The highest BCUT2D eigenvalue weighted by atomic mass is 35.5. The Balaban J connectivity index is 2.85. The third-order valence-electron chi connectivity index (χ3n) is 2.46. The van der Waals surface area contributed by atoms with Crippen molar-refractivity contribution in [2.45, 2.75) is 32.7 Å². The van der Waals surface area contributed by atoms with Crippen molar-refractivity contribution in [2.24, 2.45) is 0 Å². The predicted molar refractivity (Wildman–Crippen MR) is 78.6 cm³/mol. The summed E-state index contributed by atoms with van der Waals surface area (Å²) in [4.78, 5) is 16.3. The summed E-state index contributed by atoms with van der Waals surface area (Å²) >= 11 is 7.65. The molecule has 3 nitrogen and oxygen atoms in total. The molecule has 1 amide bonds. The molecule has 0 fully saturated rings. The van der Waals surface area contributed by atoms with Gasteiger partial charge in [0.1, 0.15) is 5.15 Å². The monoisotopic (exact) mass is 286 g/mol. The molecule has 1 atom stereocenters. The molecule has 0 radical (unpaired) electrons. The van der Waals surface area contributed by atoms with Crippen LogP contribution < -0.4 is 5.32 Å². The molecule has 0 spiro atoms. The van der Waals surface area contributed by atoms with Crippen LogP contribution in [0.4, 0.5) is 0 Å². The first-order chi connectivity index (χ1) is 8.43. The van der Waals surface area contributed by atoms with Gasteiger partial charge in [-0.2, -0.15) is 11.8 Å². The highest BCUT2D eigenvalue weighted by Crippen LogP contribution is 2.17. The largest absolute Gasteiger partial charge is 0.349 e. The lowest BCUT2D eigenvalue weighted by Crippen LogP contribution is -2.34. The second kappa shape index (κ2) is 7.00. The van der Waals surface area contributed by atoms with Crippen LogP contribution in [0.3, 0.4) is 0 Å². The molecule has 0 aliphatic rings. The van der Waals surface area contributed by atoms with Gasteiger partial charge >= 0.3 is 0 Å². The van der Waals surface area contributed by atoms with Crippen molar-refractivity contribution in [2.75, 3.05) is 12.0 Å². The second-order valence-electron chi connectivity index (χ2n) is 4.59. The zero-order chi connectivity index (χ0) is 13.7. The van der Waals surface area contributed by atoms with Crippen molar-refractivity contribution in [3.8, 4) is 0 Å². The van der Waals surface area contributed by atoms with Crippen molar-refractivity contribution < 1.29 is 4.79 Å². The maximum Gasteiger partial charge on any atom is 0.251 e. The molecule has 1 heterocycles. The molecule has 1 rings (SSSR count). The van der Waals surface area contributed by atoms with Gasteiger partial charge < -0.3 is 5.32 Å². The van der Waals surface area contributed by atoms with Crippen LogP contribution in [0.1, 0.15) is 42.7 Å². The summed E-state index contributed by atoms with van der Waals surface area (Å²) in [5.41, 5.74) is 1.41. The Bertz CT molecular complexity index is 423. The van der Waals surface area contributed by atoms with Gasteiger partial charge in [0.2, 0.25) is 0 Å².